The van der Waals surface area contributed by atoms with Crippen LogP contribution in [0.25, 0.3) is 55.8 Å². The first-order chi connectivity index (χ1) is 23.3. The van der Waals surface area contributed by atoms with E-state index in [1.807, 2.05) is 60.7 Å². The molecule has 0 unspecified atom stereocenters. The van der Waals surface area contributed by atoms with Crippen LogP contribution in [-0.4, -0.2) is 23.0 Å². The molecule has 0 spiro atoms. The average molecular weight is 836 g/mol. The Hall–Kier alpha value is -4.22. The second-order valence-corrected chi connectivity index (χ2v) is 18.9. The maximum absolute atomic E-state index is 6.20. The van der Waals surface area contributed by atoms with Crippen LogP contribution in [0.15, 0.2) is 114 Å². The van der Waals surface area contributed by atoms with Crippen LogP contribution in [0.3, 0.4) is 0 Å². The maximum Gasteiger partial charge on any atom is 0.216 e. The first kappa shape index (κ1) is 34.6. The Kier molecular flexibility index (Phi) is 10.7. The number of furan rings is 1. The van der Waals surface area contributed by atoms with Crippen LogP contribution in [0.5, 0.6) is 0 Å². The third kappa shape index (κ3) is 7.67. The van der Waals surface area contributed by atoms with Gasteiger partial charge in [0, 0.05) is 43.4 Å². The normalized spacial score (nSPS) is 13.2. The number of pyridine rings is 3. The van der Waals surface area contributed by atoms with Crippen molar-refractivity contribution in [2.45, 2.75) is 58.7 Å². The van der Waals surface area contributed by atoms with Crippen molar-refractivity contribution in [2.75, 3.05) is 0 Å². The third-order valence-electron chi connectivity index (χ3n) is 9.37. The van der Waals surface area contributed by atoms with Gasteiger partial charge in [0.2, 0.25) is 5.71 Å². The predicted octanol–water partition coefficient (Wildman–Crippen LogP) is 10.6. The second-order valence-electron chi connectivity index (χ2n) is 13.9. The van der Waals surface area contributed by atoms with E-state index in [1.54, 1.807) is 16.9 Å². The SMILES string of the molecule is C[Si](C)(C)c1cnc(-c2[c-]cccc2)cc1CC1CCCC1.Cc1c[c-]c(-c2ccccn2)c2oc3nc(-c4ccccc4)ccc3c12.[Ir]. The van der Waals surface area contributed by atoms with E-state index in [2.05, 4.69) is 86.3 Å². The molecule has 0 amide bonds. The number of aryl methyl sites for hydroxylation is 1. The summed E-state index contributed by atoms with van der Waals surface area (Å²) in [6.07, 6.45) is 10.8. The Labute approximate surface area is 304 Å². The number of rotatable bonds is 6. The molecule has 6 heteroatoms. The molecule has 1 radical (unpaired) electrons. The number of benzene rings is 3. The zero-order valence-electron chi connectivity index (χ0n) is 28.6. The van der Waals surface area contributed by atoms with Crippen molar-refractivity contribution in [2.24, 2.45) is 5.92 Å². The van der Waals surface area contributed by atoms with Crippen LogP contribution >= 0.6 is 0 Å². The van der Waals surface area contributed by atoms with Gasteiger partial charge in [0.1, 0.15) is 0 Å². The summed E-state index contributed by atoms with van der Waals surface area (Å²) in [6.45, 7) is 9.35. The van der Waals surface area contributed by atoms with Crippen molar-refractivity contribution in [1.82, 2.24) is 15.0 Å². The second kappa shape index (κ2) is 15.1. The van der Waals surface area contributed by atoms with Crippen LogP contribution in [0.4, 0.5) is 0 Å². The van der Waals surface area contributed by atoms with Gasteiger partial charge in [0.05, 0.1) is 19.4 Å². The van der Waals surface area contributed by atoms with Crippen LogP contribution in [0.2, 0.25) is 19.6 Å². The summed E-state index contributed by atoms with van der Waals surface area (Å²) in [4.78, 5) is 14.0. The molecule has 4 aromatic heterocycles. The molecule has 8 rings (SSSR count). The van der Waals surface area contributed by atoms with E-state index in [0.29, 0.717) is 5.71 Å². The van der Waals surface area contributed by atoms with Gasteiger partial charge in [-0.2, -0.15) is 0 Å². The van der Waals surface area contributed by atoms with Gasteiger partial charge in [-0.15, -0.1) is 53.6 Å². The summed E-state index contributed by atoms with van der Waals surface area (Å²) in [6, 6.07) is 39.2. The smallest absolute Gasteiger partial charge is 0.216 e. The molecule has 3 aromatic carbocycles. The fraction of sp³-hybridized carbons (Fsp3) is 0.233. The van der Waals surface area contributed by atoms with Gasteiger partial charge in [-0.25, -0.2) is 4.98 Å². The number of nitrogens with zero attached hydrogens (tertiary/aromatic N) is 3. The van der Waals surface area contributed by atoms with E-state index in [4.69, 9.17) is 14.4 Å². The van der Waals surface area contributed by atoms with Crippen molar-refractivity contribution in [1.29, 1.82) is 0 Å². The number of hydrogen-bond acceptors (Lipinski definition) is 4. The van der Waals surface area contributed by atoms with Crippen LogP contribution in [0.1, 0.15) is 36.8 Å². The molecule has 0 aliphatic heterocycles. The molecule has 4 heterocycles. The minimum absolute atomic E-state index is 0. The molecule has 1 aliphatic carbocycles. The molecule has 1 aliphatic rings. The summed E-state index contributed by atoms with van der Waals surface area (Å²) in [5, 5.41) is 3.63. The third-order valence-corrected chi connectivity index (χ3v) is 11.4. The molecule has 0 saturated heterocycles. The van der Waals surface area contributed by atoms with Crippen molar-refractivity contribution < 1.29 is 24.5 Å². The van der Waals surface area contributed by atoms with E-state index < -0.39 is 8.07 Å². The van der Waals surface area contributed by atoms with Crippen molar-refractivity contribution in [3.05, 3.63) is 133 Å². The zero-order chi connectivity index (χ0) is 33.1. The standard InChI is InChI=1S/C23H15N2O.C20H26NSi.Ir/c1-15-10-11-17(20-9-5-6-14-24-20)22-21(15)18-12-13-19(25-23(18)26-22)16-7-3-2-4-8-16;1-22(2,3)20-15-21-19(17-11-5-4-6-12-17)14-18(20)13-16-9-7-8-10-16;/h2-10,12-14H,1H3;4-6,11,14-16H,7-10,13H2,1-3H3;/q2*-1;. The molecular formula is C43H41IrN3OSi-2. The van der Waals surface area contributed by atoms with Crippen molar-refractivity contribution >= 4 is 35.3 Å². The number of aromatic nitrogens is 3. The molecule has 4 nitrogen and oxygen atoms in total. The Morgan fingerprint density at radius 1 is 0.816 bits per heavy atom. The zero-order valence-corrected chi connectivity index (χ0v) is 32.0. The fourth-order valence-corrected chi connectivity index (χ4v) is 8.49. The summed E-state index contributed by atoms with van der Waals surface area (Å²) in [5.41, 5.74) is 9.97. The van der Waals surface area contributed by atoms with Gasteiger partial charge in [0.15, 0.2) is 0 Å². The quantitative estimate of drug-likeness (QED) is 0.124. The fourth-order valence-electron chi connectivity index (χ4n) is 6.90. The monoisotopic (exact) mass is 836 g/mol. The van der Waals surface area contributed by atoms with Crippen LogP contribution < -0.4 is 5.19 Å². The Bertz CT molecular complexity index is 2150. The van der Waals surface area contributed by atoms with E-state index >= 15 is 0 Å². The van der Waals surface area contributed by atoms with E-state index in [0.717, 1.165) is 61.6 Å². The first-order valence-electron chi connectivity index (χ1n) is 17.0. The van der Waals surface area contributed by atoms with Gasteiger partial charge in [-0.05, 0) is 47.1 Å². The first-order valence-corrected chi connectivity index (χ1v) is 20.5. The maximum atomic E-state index is 6.20. The summed E-state index contributed by atoms with van der Waals surface area (Å²) in [7, 11) is -1.35. The Morgan fingerprint density at radius 2 is 1.59 bits per heavy atom. The topological polar surface area (TPSA) is 51.8 Å². The van der Waals surface area contributed by atoms with Crippen LogP contribution in [-0.2, 0) is 26.5 Å². The minimum Gasteiger partial charge on any atom is -0.486 e. The Morgan fingerprint density at radius 3 is 2.31 bits per heavy atom. The Balaban J connectivity index is 0.000000169. The van der Waals surface area contributed by atoms with E-state index in [1.165, 1.54) is 32.1 Å². The summed E-state index contributed by atoms with van der Waals surface area (Å²) >= 11 is 0. The number of hydrogen-bond donors (Lipinski definition) is 0. The van der Waals surface area contributed by atoms with Crippen molar-refractivity contribution in [3.8, 4) is 33.8 Å². The molecule has 1 saturated carbocycles. The average Bonchev–Trinajstić information content (AvgIpc) is 3.77. The minimum atomic E-state index is -1.35. The number of fused-ring (bicyclic) bond motifs is 3. The van der Waals surface area contributed by atoms with Gasteiger partial charge in [0.25, 0.3) is 0 Å². The molecule has 1 fully saturated rings. The van der Waals surface area contributed by atoms with Crippen molar-refractivity contribution in [3.63, 3.8) is 0 Å². The molecule has 0 atom stereocenters. The summed E-state index contributed by atoms with van der Waals surface area (Å²) in [5.74, 6) is 0.880. The summed E-state index contributed by atoms with van der Waals surface area (Å²) < 4.78 is 6.20. The van der Waals surface area contributed by atoms with Gasteiger partial charge in [-0.1, -0.05) is 117 Å². The van der Waals surface area contributed by atoms with Gasteiger partial charge in [-0.3, -0.25) is 0 Å². The van der Waals surface area contributed by atoms with E-state index in [9.17, 15) is 0 Å². The van der Waals surface area contributed by atoms with E-state index in [-0.39, 0.29) is 20.1 Å². The van der Waals surface area contributed by atoms with Gasteiger partial charge >= 0.3 is 0 Å². The molecular weight excluding hydrogens is 795 g/mol. The van der Waals surface area contributed by atoms with Gasteiger partial charge < -0.3 is 14.4 Å². The molecule has 0 N–H and O–H groups in total. The predicted molar refractivity (Wildman–Crippen MR) is 201 cm³/mol. The molecule has 249 valence electrons. The molecule has 0 bridgehead atoms. The largest absolute Gasteiger partial charge is 0.486 e. The molecule has 49 heavy (non-hydrogen) atoms. The molecule has 7 aromatic rings. The van der Waals surface area contributed by atoms with Crippen LogP contribution in [0, 0.1) is 25.0 Å².